The number of halogens is 2. The predicted octanol–water partition coefficient (Wildman–Crippen LogP) is 4.35. The molecule has 0 saturated heterocycles. The maximum Gasteiger partial charge on any atom is 0.128 e. The van der Waals surface area contributed by atoms with Gasteiger partial charge in [-0.2, -0.15) is 5.10 Å². The first-order valence-electron chi connectivity index (χ1n) is 6.38. The monoisotopic (exact) mass is 346 g/mol. The van der Waals surface area contributed by atoms with Crippen LogP contribution in [0.2, 0.25) is 0 Å². The summed E-state index contributed by atoms with van der Waals surface area (Å²) in [4.78, 5) is 0. The average molecular weight is 347 g/mol. The largest absolute Gasteiger partial charge is 0.489 e. The van der Waals surface area contributed by atoms with Gasteiger partial charge < -0.3 is 4.74 Å². The van der Waals surface area contributed by atoms with Crippen LogP contribution in [0.1, 0.15) is 5.56 Å². The highest BCUT2D eigenvalue weighted by atomic mass is 79.9. The number of ether oxygens (including phenoxy) is 1. The Bertz CT molecular complexity index is 723. The average Bonchev–Trinajstić information content (AvgIpc) is 2.94. The first-order chi connectivity index (χ1) is 10.2. The summed E-state index contributed by atoms with van der Waals surface area (Å²) in [6, 6.07) is 14.3. The van der Waals surface area contributed by atoms with Gasteiger partial charge in [0.2, 0.25) is 0 Å². The van der Waals surface area contributed by atoms with Crippen LogP contribution in [0, 0.1) is 5.82 Å². The zero-order valence-corrected chi connectivity index (χ0v) is 12.6. The molecule has 0 amide bonds. The summed E-state index contributed by atoms with van der Waals surface area (Å²) in [5.41, 5.74) is 1.90. The van der Waals surface area contributed by atoms with Gasteiger partial charge in [0.15, 0.2) is 0 Å². The third-order valence-electron chi connectivity index (χ3n) is 2.90. The lowest BCUT2D eigenvalue weighted by molar-refractivity contribution is 0.304. The van der Waals surface area contributed by atoms with Crippen LogP contribution in [0.5, 0.6) is 5.75 Å². The van der Waals surface area contributed by atoms with E-state index in [-0.39, 0.29) is 5.82 Å². The molecule has 0 radical (unpaired) electrons. The van der Waals surface area contributed by atoms with Crippen LogP contribution in [-0.4, -0.2) is 9.78 Å². The van der Waals surface area contributed by atoms with E-state index in [2.05, 4.69) is 21.0 Å². The normalized spacial score (nSPS) is 10.6. The highest BCUT2D eigenvalue weighted by molar-refractivity contribution is 9.10. The van der Waals surface area contributed by atoms with Crippen LogP contribution in [-0.2, 0) is 6.61 Å². The molecule has 0 aliphatic rings. The molecular weight excluding hydrogens is 335 g/mol. The maximum atomic E-state index is 13.3. The summed E-state index contributed by atoms with van der Waals surface area (Å²) >= 11 is 3.24. The zero-order chi connectivity index (χ0) is 14.7. The molecule has 0 aliphatic carbocycles. The lowest BCUT2D eigenvalue weighted by Gasteiger charge is -2.05. The van der Waals surface area contributed by atoms with Gasteiger partial charge in [-0.05, 0) is 24.3 Å². The van der Waals surface area contributed by atoms with Crippen LogP contribution >= 0.6 is 15.9 Å². The van der Waals surface area contributed by atoms with Crippen LogP contribution in [0.25, 0.3) is 5.69 Å². The van der Waals surface area contributed by atoms with Crippen molar-refractivity contribution in [1.29, 1.82) is 0 Å². The molecule has 0 aliphatic heterocycles. The van der Waals surface area contributed by atoms with Gasteiger partial charge in [-0.25, -0.2) is 9.07 Å². The van der Waals surface area contributed by atoms with Crippen molar-refractivity contribution in [3.8, 4) is 11.4 Å². The van der Waals surface area contributed by atoms with Crippen molar-refractivity contribution in [2.24, 2.45) is 0 Å². The molecule has 0 bridgehead atoms. The number of hydrogen-bond acceptors (Lipinski definition) is 2. The van der Waals surface area contributed by atoms with Gasteiger partial charge in [0.05, 0.1) is 11.9 Å². The molecule has 0 N–H and O–H groups in total. The molecule has 2 aromatic carbocycles. The molecule has 0 fully saturated rings. The van der Waals surface area contributed by atoms with Crippen LogP contribution in [0.15, 0.2) is 65.4 Å². The number of aromatic nitrogens is 2. The Hall–Kier alpha value is -2.14. The number of nitrogens with zero attached hydrogens (tertiary/aromatic N) is 2. The Balaban J connectivity index is 1.70. The summed E-state index contributed by atoms with van der Waals surface area (Å²) in [7, 11) is 0. The van der Waals surface area contributed by atoms with Gasteiger partial charge in [-0.3, -0.25) is 0 Å². The van der Waals surface area contributed by atoms with Gasteiger partial charge in [0.1, 0.15) is 18.2 Å². The van der Waals surface area contributed by atoms with Crippen molar-refractivity contribution in [3.05, 3.63) is 76.8 Å². The second-order valence-corrected chi connectivity index (χ2v) is 5.44. The van der Waals surface area contributed by atoms with Crippen molar-refractivity contribution in [2.75, 3.05) is 0 Å². The highest BCUT2D eigenvalue weighted by Gasteiger charge is 2.04. The first kappa shape index (κ1) is 13.8. The van der Waals surface area contributed by atoms with Crippen molar-refractivity contribution in [3.63, 3.8) is 0 Å². The SMILES string of the molecule is Fc1cc(Br)cc(OCc2cnn(-c3ccccc3)c2)c1. The van der Waals surface area contributed by atoms with Gasteiger partial charge in [0, 0.05) is 22.3 Å². The number of rotatable bonds is 4. The zero-order valence-electron chi connectivity index (χ0n) is 11.0. The van der Waals surface area contributed by atoms with Gasteiger partial charge >= 0.3 is 0 Å². The quantitative estimate of drug-likeness (QED) is 0.702. The Morgan fingerprint density at radius 2 is 1.95 bits per heavy atom. The van der Waals surface area contributed by atoms with Crippen molar-refractivity contribution < 1.29 is 9.13 Å². The minimum absolute atomic E-state index is 0.334. The molecule has 1 heterocycles. The van der Waals surface area contributed by atoms with Gasteiger partial charge in [-0.1, -0.05) is 34.1 Å². The molecule has 21 heavy (non-hydrogen) atoms. The van der Waals surface area contributed by atoms with Crippen molar-refractivity contribution in [2.45, 2.75) is 6.61 Å². The summed E-state index contributed by atoms with van der Waals surface area (Å²) in [5, 5.41) is 4.29. The van der Waals surface area contributed by atoms with E-state index < -0.39 is 0 Å². The molecule has 1 aromatic heterocycles. The van der Waals surface area contributed by atoms with E-state index in [1.807, 2.05) is 36.5 Å². The topological polar surface area (TPSA) is 27.1 Å². The van der Waals surface area contributed by atoms with Crippen molar-refractivity contribution >= 4 is 15.9 Å². The van der Waals surface area contributed by atoms with Crippen LogP contribution in [0.4, 0.5) is 4.39 Å². The van der Waals surface area contributed by atoms with E-state index in [4.69, 9.17) is 4.74 Å². The highest BCUT2D eigenvalue weighted by Crippen LogP contribution is 2.21. The Labute approximate surface area is 130 Å². The number of benzene rings is 2. The minimum Gasteiger partial charge on any atom is -0.489 e. The van der Waals surface area contributed by atoms with Gasteiger partial charge in [-0.15, -0.1) is 0 Å². The fourth-order valence-electron chi connectivity index (χ4n) is 1.94. The second-order valence-electron chi connectivity index (χ2n) is 4.52. The molecular formula is C16H12BrFN2O. The Kier molecular flexibility index (Phi) is 4.01. The van der Waals surface area contributed by atoms with Crippen LogP contribution in [0.3, 0.4) is 0 Å². The predicted molar refractivity (Wildman–Crippen MR) is 82.0 cm³/mol. The second kappa shape index (κ2) is 6.10. The number of hydrogen-bond donors (Lipinski definition) is 0. The van der Waals surface area contributed by atoms with E-state index in [9.17, 15) is 4.39 Å². The molecule has 0 saturated carbocycles. The lowest BCUT2D eigenvalue weighted by atomic mass is 10.3. The van der Waals surface area contributed by atoms with E-state index in [0.717, 1.165) is 11.3 Å². The van der Waals surface area contributed by atoms with E-state index >= 15 is 0 Å². The minimum atomic E-state index is -0.334. The molecule has 3 nitrogen and oxygen atoms in total. The summed E-state index contributed by atoms with van der Waals surface area (Å²) in [6.07, 6.45) is 3.63. The molecule has 0 spiro atoms. The number of para-hydroxylation sites is 1. The molecule has 0 unspecified atom stereocenters. The lowest BCUT2D eigenvalue weighted by Crippen LogP contribution is -1.95. The molecule has 0 atom stereocenters. The van der Waals surface area contributed by atoms with Gasteiger partial charge in [0.25, 0.3) is 0 Å². The summed E-state index contributed by atoms with van der Waals surface area (Å²) in [6.45, 7) is 0.336. The van der Waals surface area contributed by atoms with E-state index in [0.29, 0.717) is 16.8 Å². The van der Waals surface area contributed by atoms with E-state index in [1.165, 1.54) is 12.1 Å². The summed E-state index contributed by atoms with van der Waals surface area (Å²) < 4.78 is 21.3. The molecule has 3 rings (SSSR count). The third-order valence-corrected chi connectivity index (χ3v) is 3.36. The fraction of sp³-hybridized carbons (Fsp3) is 0.0625. The Morgan fingerprint density at radius 3 is 2.71 bits per heavy atom. The third kappa shape index (κ3) is 3.49. The fourth-order valence-corrected chi connectivity index (χ4v) is 2.38. The van der Waals surface area contributed by atoms with Crippen molar-refractivity contribution in [1.82, 2.24) is 9.78 Å². The summed E-state index contributed by atoms with van der Waals surface area (Å²) in [5.74, 6) is 0.147. The maximum absolute atomic E-state index is 13.3. The first-order valence-corrected chi connectivity index (χ1v) is 7.18. The van der Waals surface area contributed by atoms with E-state index in [1.54, 1.807) is 16.9 Å². The Morgan fingerprint density at radius 1 is 1.14 bits per heavy atom. The smallest absolute Gasteiger partial charge is 0.128 e. The standard InChI is InChI=1S/C16H12BrFN2O/c17-13-6-14(18)8-16(7-13)21-11-12-9-19-20(10-12)15-4-2-1-3-5-15/h1-10H,11H2. The molecule has 106 valence electrons. The van der Waals surface area contributed by atoms with Crippen LogP contribution < -0.4 is 4.74 Å². The molecule has 5 heteroatoms. The molecule has 3 aromatic rings.